The summed E-state index contributed by atoms with van der Waals surface area (Å²) in [6.45, 7) is 4.80. The molecule has 8 heteroatoms. The number of benzene rings is 1. The summed E-state index contributed by atoms with van der Waals surface area (Å²) in [4.78, 5) is 18.6. The van der Waals surface area contributed by atoms with Crippen LogP contribution in [0.25, 0.3) is 27.7 Å². The highest BCUT2D eigenvalue weighted by Crippen LogP contribution is 2.28. The number of likely N-dealkylation sites (N-methyl/N-ethyl adjacent to an activating group) is 1. The van der Waals surface area contributed by atoms with E-state index in [2.05, 4.69) is 55.3 Å². The van der Waals surface area contributed by atoms with E-state index in [-0.39, 0.29) is 0 Å². The van der Waals surface area contributed by atoms with Crippen molar-refractivity contribution < 1.29 is 0 Å². The van der Waals surface area contributed by atoms with Crippen LogP contribution < -0.4 is 5.32 Å². The fraction of sp³-hybridized carbons (Fsp3) is 0.440. The van der Waals surface area contributed by atoms with Crippen LogP contribution in [0.1, 0.15) is 25.7 Å². The minimum atomic E-state index is 0.445. The number of hydrogen-bond donors (Lipinski definition) is 1. The predicted octanol–water partition coefficient (Wildman–Crippen LogP) is 3.31. The predicted molar refractivity (Wildman–Crippen MR) is 130 cm³/mol. The van der Waals surface area contributed by atoms with E-state index < -0.39 is 0 Å². The first kappa shape index (κ1) is 20.5. The van der Waals surface area contributed by atoms with E-state index >= 15 is 0 Å². The molecule has 4 heterocycles. The molecule has 4 aromatic rings. The number of anilines is 1. The summed E-state index contributed by atoms with van der Waals surface area (Å²) in [5, 5.41) is 8.33. The minimum absolute atomic E-state index is 0.445. The molecule has 8 nitrogen and oxygen atoms in total. The molecular weight excluding hydrogens is 412 g/mol. The largest absolute Gasteiger partial charge is 0.350 e. The molecule has 0 amide bonds. The number of nitrogens with one attached hydrogen (secondary N) is 1. The number of nitrogens with zero attached hydrogens (tertiary/aromatic N) is 7. The van der Waals surface area contributed by atoms with Gasteiger partial charge in [0.2, 0.25) is 5.95 Å². The molecule has 0 atom stereocenters. The highest BCUT2D eigenvalue weighted by molar-refractivity contribution is 5.86. The zero-order chi connectivity index (χ0) is 22.2. The van der Waals surface area contributed by atoms with Crippen LogP contribution in [0.5, 0.6) is 0 Å². The first-order valence-corrected chi connectivity index (χ1v) is 12.0. The molecule has 170 valence electrons. The normalized spacial score (nSPS) is 22.7. The summed E-state index contributed by atoms with van der Waals surface area (Å²) in [5.41, 5.74) is 4.97. The van der Waals surface area contributed by atoms with Crippen LogP contribution in [0.15, 0.2) is 49.1 Å². The van der Waals surface area contributed by atoms with Crippen molar-refractivity contribution in [3.8, 4) is 11.1 Å². The van der Waals surface area contributed by atoms with Crippen LogP contribution in [0.2, 0.25) is 0 Å². The van der Waals surface area contributed by atoms with Crippen LogP contribution in [-0.4, -0.2) is 79.7 Å². The molecule has 33 heavy (non-hydrogen) atoms. The van der Waals surface area contributed by atoms with Crippen molar-refractivity contribution in [2.45, 2.75) is 37.8 Å². The molecule has 1 aromatic carbocycles. The van der Waals surface area contributed by atoms with Gasteiger partial charge in [0, 0.05) is 62.4 Å². The molecule has 0 radical (unpaired) electrons. The van der Waals surface area contributed by atoms with Gasteiger partial charge in [-0.1, -0.05) is 6.07 Å². The smallest absolute Gasteiger partial charge is 0.241 e. The fourth-order valence-electron chi connectivity index (χ4n) is 5.30. The van der Waals surface area contributed by atoms with Crippen molar-refractivity contribution in [1.82, 2.24) is 34.4 Å². The average Bonchev–Trinajstić information content (AvgIpc) is 3.28. The monoisotopic (exact) mass is 442 g/mol. The van der Waals surface area contributed by atoms with Gasteiger partial charge in [-0.3, -0.25) is 14.9 Å². The van der Waals surface area contributed by atoms with E-state index in [1.54, 1.807) is 12.4 Å². The molecule has 0 unspecified atom stereocenters. The van der Waals surface area contributed by atoms with Gasteiger partial charge in [0.1, 0.15) is 0 Å². The van der Waals surface area contributed by atoms with Gasteiger partial charge in [0.15, 0.2) is 0 Å². The second-order valence-corrected chi connectivity index (χ2v) is 9.39. The number of rotatable bonds is 4. The lowest BCUT2D eigenvalue weighted by atomic mass is 9.90. The Hall–Kier alpha value is -3.10. The van der Waals surface area contributed by atoms with Gasteiger partial charge in [0.05, 0.1) is 22.7 Å². The Balaban J connectivity index is 1.13. The van der Waals surface area contributed by atoms with Crippen molar-refractivity contribution >= 4 is 22.5 Å². The summed E-state index contributed by atoms with van der Waals surface area (Å²) in [5.74, 6) is 0.706. The molecule has 1 aliphatic carbocycles. The maximum absolute atomic E-state index is 4.75. The summed E-state index contributed by atoms with van der Waals surface area (Å²) < 4.78 is 1.92. The molecule has 1 N–H and O–H groups in total. The second-order valence-electron chi connectivity index (χ2n) is 9.39. The van der Waals surface area contributed by atoms with E-state index in [4.69, 9.17) is 5.10 Å². The summed E-state index contributed by atoms with van der Waals surface area (Å²) >= 11 is 0. The van der Waals surface area contributed by atoms with E-state index in [1.807, 2.05) is 23.0 Å². The lowest BCUT2D eigenvalue weighted by molar-refractivity contribution is 0.0893. The zero-order valence-electron chi connectivity index (χ0n) is 19.1. The Bertz CT molecular complexity index is 1250. The van der Waals surface area contributed by atoms with Crippen molar-refractivity contribution in [1.29, 1.82) is 0 Å². The number of fused-ring (bicyclic) bond motifs is 2. The van der Waals surface area contributed by atoms with Crippen LogP contribution in [0.4, 0.5) is 5.95 Å². The van der Waals surface area contributed by atoms with E-state index in [0.717, 1.165) is 33.7 Å². The van der Waals surface area contributed by atoms with E-state index in [0.29, 0.717) is 12.0 Å². The third kappa shape index (κ3) is 4.16. The second kappa shape index (κ2) is 8.68. The molecule has 1 saturated carbocycles. The molecule has 1 aliphatic heterocycles. The number of piperazine rings is 1. The topological polar surface area (TPSA) is 74.5 Å². The molecule has 0 bridgehead atoms. The Morgan fingerprint density at radius 2 is 1.67 bits per heavy atom. The molecular formula is C25H30N8. The lowest BCUT2D eigenvalue weighted by Crippen LogP contribution is -2.50. The van der Waals surface area contributed by atoms with Gasteiger partial charge in [-0.25, -0.2) is 9.50 Å². The van der Waals surface area contributed by atoms with Gasteiger partial charge < -0.3 is 10.2 Å². The zero-order valence-corrected chi connectivity index (χ0v) is 19.1. The van der Waals surface area contributed by atoms with Crippen molar-refractivity contribution in [3.05, 3.63) is 49.1 Å². The third-order valence-electron chi connectivity index (χ3n) is 7.28. The van der Waals surface area contributed by atoms with Crippen molar-refractivity contribution in [2.75, 3.05) is 38.5 Å². The Kier molecular flexibility index (Phi) is 5.39. The van der Waals surface area contributed by atoms with Crippen LogP contribution in [0, 0.1) is 0 Å². The van der Waals surface area contributed by atoms with Crippen LogP contribution >= 0.6 is 0 Å². The minimum Gasteiger partial charge on any atom is -0.350 e. The SMILES string of the molecule is CN1CCN(C2CCC(Nc3ncc4c(-c5ccc6nccnc6c5)ccn4n3)CC2)CC1. The quantitative estimate of drug-likeness (QED) is 0.520. The Morgan fingerprint density at radius 3 is 2.48 bits per heavy atom. The van der Waals surface area contributed by atoms with Gasteiger partial charge in [0.25, 0.3) is 0 Å². The van der Waals surface area contributed by atoms with Crippen molar-refractivity contribution in [2.24, 2.45) is 0 Å². The van der Waals surface area contributed by atoms with E-state index in [1.165, 1.54) is 51.9 Å². The maximum atomic E-state index is 4.75. The Labute approximate surface area is 193 Å². The number of aromatic nitrogens is 5. The first-order chi connectivity index (χ1) is 16.2. The van der Waals surface area contributed by atoms with E-state index in [9.17, 15) is 0 Å². The standard InChI is InChI=1S/C25H30N8/c1-31-12-14-32(15-13-31)20-5-3-19(4-6-20)29-25-28-17-24-21(8-11-33(24)30-25)18-2-7-22-23(16-18)27-10-9-26-22/h2,7-11,16-17,19-20H,3-6,12-15H2,1H3,(H,29,30). The first-order valence-electron chi connectivity index (χ1n) is 12.0. The average molecular weight is 443 g/mol. The molecule has 1 saturated heterocycles. The maximum Gasteiger partial charge on any atom is 0.241 e. The number of hydrogen-bond acceptors (Lipinski definition) is 7. The summed E-state index contributed by atoms with van der Waals surface area (Å²) in [7, 11) is 2.22. The van der Waals surface area contributed by atoms with Gasteiger partial charge in [-0.2, -0.15) is 0 Å². The molecule has 3 aromatic heterocycles. The van der Waals surface area contributed by atoms with Crippen LogP contribution in [0.3, 0.4) is 0 Å². The highest BCUT2D eigenvalue weighted by atomic mass is 15.3. The van der Waals surface area contributed by atoms with Gasteiger partial charge in [-0.05, 0) is 56.5 Å². The Morgan fingerprint density at radius 1 is 0.879 bits per heavy atom. The molecule has 2 fully saturated rings. The molecule has 0 spiro atoms. The fourth-order valence-corrected chi connectivity index (χ4v) is 5.30. The molecule has 2 aliphatic rings. The summed E-state index contributed by atoms with van der Waals surface area (Å²) in [6, 6.07) is 9.43. The lowest BCUT2D eigenvalue weighted by Gasteiger charge is -2.41. The molecule has 6 rings (SSSR count). The van der Waals surface area contributed by atoms with Crippen molar-refractivity contribution in [3.63, 3.8) is 0 Å². The van der Waals surface area contributed by atoms with Gasteiger partial charge in [-0.15, -0.1) is 5.10 Å². The van der Waals surface area contributed by atoms with Crippen LogP contribution in [-0.2, 0) is 0 Å². The highest BCUT2D eigenvalue weighted by Gasteiger charge is 2.28. The summed E-state index contributed by atoms with van der Waals surface area (Å²) in [6.07, 6.45) is 12.2. The van der Waals surface area contributed by atoms with Gasteiger partial charge >= 0.3 is 0 Å². The third-order valence-corrected chi connectivity index (χ3v) is 7.28.